The zero-order chi connectivity index (χ0) is 41.6. The molecule has 57 heavy (non-hydrogen) atoms. The Labute approximate surface area is 351 Å². The van der Waals surface area contributed by atoms with Gasteiger partial charge in [0.1, 0.15) is 24.4 Å². The lowest BCUT2D eigenvalue weighted by Gasteiger charge is -2.40. The van der Waals surface area contributed by atoms with Crippen molar-refractivity contribution >= 4 is 5.91 Å². The van der Waals surface area contributed by atoms with Crippen LogP contribution >= 0.6 is 0 Å². The molecule has 0 bridgehead atoms. The molecule has 1 fully saturated rings. The Balaban J connectivity index is 2.27. The van der Waals surface area contributed by atoms with E-state index < -0.39 is 49.5 Å². The number of carbonyl (C=O) groups is 1. The second-order valence-electron chi connectivity index (χ2n) is 17.6. The molecular formula is C48H95NO8. The first kappa shape index (κ1) is 54.2. The van der Waals surface area contributed by atoms with Crippen molar-refractivity contribution in [2.24, 2.45) is 0 Å². The molecule has 1 aliphatic rings. The third-order valence-electron chi connectivity index (χ3n) is 12.2. The van der Waals surface area contributed by atoms with E-state index in [1.54, 1.807) is 0 Å². The zero-order valence-corrected chi connectivity index (χ0v) is 37.4. The maximum Gasteiger partial charge on any atom is 0.220 e. The number of nitrogens with one attached hydrogen (secondary N) is 1. The lowest BCUT2D eigenvalue weighted by molar-refractivity contribution is -0.302. The molecule has 0 radical (unpaired) electrons. The molecule has 6 N–H and O–H groups in total. The van der Waals surface area contributed by atoms with Crippen molar-refractivity contribution in [3.63, 3.8) is 0 Å². The van der Waals surface area contributed by atoms with Crippen LogP contribution in [0.2, 0.25) is 0 Å². The third kappa shape index (κ3) is 30.0. The van der Waals surface area contributed by atoms with Crippen LogP contribution in [0.15, 0.2) is 0 Å². The van der Waals surface area contributed by atoms with E-state index in [2.05, 4.69) is 19.2 Å². The quantitative estimate of drug-likeness (QED) is 0.0334. The highest BCUT2D eigenvalue weighted by molar-refractivity contribution is 5.76. The minimum Gasteiger partial charge on any atom is -0.394 e. The highest BCUT2D eigenvalue weighted by Crippen LogP contribution is 2.23. The predicted molar refractivity (Wildman–Crippen MR) is 235 cm³/mol. The van der Waals surface area contributed by atoms with Crippen LogP contribution in [0.4, 0.5) is 0 Å². The van der Waals surface area contributed by atoms with Gasteiger partial charge in [0, 0.05) is 6.42 Å². The number of rotatable bonds is 42. The second-order valence-corrected chi connectivity index (χ2v) is 17.6. The molecule has 9 heteroatoms. The minimum atomic E-state index is -1.55. The summed E-state index contributed by atoms with van der Waals surface area (Å²) in [6, 6.07) is -0.711. The van der Waals surface area contributed by atoms with E-state index in [0.29, 0.717) is 12.8 Å². The highest BCUT2D eigenvalue weighted by Gasteiger charge is 2.44. The van der Waals surface area contributed by atoms with Gasteiger partial charge in [0.15, 0.2) is 6.29 Å². The van der Waals surface area contributed by atoms with Crippen molar-refractivity contribution < 1.29 is 39.8 Å². The smallest absolute Gasteiger partial charge is 0.220 e. The van der Waals surface area contributed by atoms with E-state index in [-0.39, 0.29) is 12.5 Å². The van der Waals surface area contributed by atoms with Crippen molar-refractivity contribution in [3.05, 3.63) is 0 Å². The van der Waals surface area contributed by atoms with Crippen LogP contribution in [0.3, 0.4) is 0 Å². The zero-order valence-electron chi connectivity index (χ0n) is 37.4. The van der Waals surface area contributed by atoms with Crippen LogP contribution in [0.1, 0.15) is 245 Å². The van der Waals surface area contributed by atoms with E-state index in [4.69, 9.17) is 9.47 Å². The first-order chi connectivity index (χ1) is 27.8. The van der Waals surface area contributed by atoms with Crippen LogP contribution in [0.25, 0.3) is 0 Å². The number of hydrogen-bond acceptors (Lipinski definition) is 8. The average Bonchev–Trinajstić information content (AvgIpc) is 3.21. The van der Waals surface area contributed by atoms with Gasteiger partial charge in [-0.1, -0.05) is 226 Å². The molecule has 0 aromatic rings. The summed E-state index contributed by atoms with van der Waals surface area (Å²) in [6.07, 6.45) is 36.8. The van der Waals surface area contributed by atoms with Crippen LogP contribution < -0.4 is 5.32 Å². The standard InChI is InChI=1S/C48H95NO8/c1-3-5-7-9-11-13-15-17-19-20-21-22-24-26-28-30-32-34-36-38-44(52)49-41(40-56-48-47(55)46(54)45(53)43(39-50)57-48)42(51)37-35-33-31-29-27-25-23-18-16-14-12-10-8-6-4-2/h41-43,45-48,50-51,53-55H,3-40H2,1-2H3,(H,49,52)/t41-,42+,43?,45?,46?,47?,48?/m0/s1. The van der Waals surface area contributed by atoms with Crippen molar-refractivity contribution in [2.75, 3.05) is 13.2 Å². The molecule has 5 unspecified atom stereocenters. The summed E-state index contributed by atoms with van der Waals surface area (Å²) >= 11 is 0. The summed E-state index contributed by atoms with van der Waals surface area (Å²) in [6.45, 7) is 3.86. The van der Waals surface area contributed by atoms with Crippen molar-refractivity contribution in [1.82, 2.24) is 5.32 Å². The van der Waals surface area contributed by atoms with Gasteiger partial charge in [-0.2, -0.15) is 0 Å². The molecule has 1 amide bonds. The molecule has 7 atom stereocenters. The van der Waals surface area contributed by atoms with Gasteiger partial charge in [0.25, 0.3) is 0 Å². The third-order valence-corrected chi connectivity index (χ3v) is 12.2. The average molecular weight is 814 g/mol. The van der Waals surface area contributed by atoms with Crippen molar-refractivity contribution in [1.29, 1.82) is 0 Å². The Morgan fingerprint density at radius 1 is 0.526 bits per heavy atom. The normalized spacial score (nSPS) is 20.9. The monoisotopic (exact) mass is 814 g/mol. The van der Waals surface area contributed by atoms with E-state index in [1.165, 1.54) is 180 Å². The fourth-order valence-corrected chi connectivity index (χ4v) is 8.22. The van der Waals surface area contributed by atoms with Gasteiger partial charge in [-0.05, 0) is 12.8 Å². The summed E-state index contributed by atoms with van der Waals surface area (Å²) in [5.41, 5.74) is 0. The largest absolute Gasteiger partial charge is 0.394 e. The van der Waals surface area contributed by atoms with Gasteiger partial charge in [-0.3, -0.25) is 4.79 Å². The number of aliphatic hydroxyl groups excluding tert-OH is 5. The van der Waals surface area contributed by atoms with E-state index >= 15 is 0 Å². The highest BCUT2D eigenvalue weighted by atomic mass is 16.7. The predicted octanol–water partition coefficient (Wildman–Crippen LogP) is 10.7. The first-order valence-corrected chi connectivity index (χ1v) is 24.7. The Morgan fingerprint density at radius 2 is 0.877 bits per heavy atom. The number of carbonyl (C=O) groups excluding carboxylic acids is 1. The number of unbranched alkanes of at least 4 members (excludes halogenated alkanes) is 32. The first-order valence-electron chi connectivity index (χ1n) is 24.7. The van der Waals surface area contributed by atoms with E-state index in [1.807, 2.05) is 0 Å². The summed E-state index contributed by atoms with van der Waals surface area (Å²) in [5.74, 6) is -0.139. The Morgan fingerprint density at radius 3 is 1.25 bits per heavy atom. The Bertz CT molecular complexity index is 862. The molecule has 9 nitrogen and oxygen atoms in total. The van der Waals surface area contributed by atoms with Crippen LogP contribution in [0.5, 0.6) is 0 Å². The number of ether oxygens (including phenoxy) is 2. The molecular weight excluding hydrogens is 719 g/mol. The van der Waals surface area contributed by atoms with Gasteiger partial charge < -0.3 is 40.3 Å². The molecule has 0 saturated carbocycles. The maximum atomic E-state index is 13.0. The van der Waals surface area contributed by atoms with Gasteiger partial charge in [-0.25, -0.2) is 0 Å². The van der Waals surface area contributed by atoms with Gasteiger partial charge in [0.05, 0.1) is 25.4 Å². The van der Waals surface area contributed by atoms with Crippen LogP contribution in [0, 0.1) is 0 Å². The second kappa shape index (κ2) is 39.3. The summed E-state index contributed by atoms with van der Waals surface area (Å²) in [4.78, 5) is 13.0. The SMILES string of the molecule is CCCCCCCCCCCCCCCCCCCCCC(=O)N[C@@H](COC1OC(CO)C(O)C(O)C1O)[C@H](O)CCCCCCCCCCCCCCCCC. The minimum absolute atomic E-state index is 0.131. The fraction of sp³-hybridized carbons (Fsp3) is 0.979. The fourth-order valence-electron chi connectivity index (χ4n) is 8.22. The summed E-state index contributed by atoms with van der Waals surface area (Å²) in [7, 11) is 0. The molecule has 1 heterocycles. The van der Waals surface area contributed by atoms with E-state index in [9.17, 15) is 30.3 Å². The van der Waals surface area contributed by atoms with E-state index in [0.717, 1.165) is 38.5 Å². The number of aliphatic hydroxyl groups is 5. The topological polar surface area (TPSA) is 149 Å². The molecule has 340 valence electrons. The molecule has 0 spiro atoms. The van der Waals surface area contributed by atoms with Gasteiger partial charge >= 0.3 is 0 Å². The molecule has 1 saturated heterocycles. The lowest BCUT2D eigenvalue weighted by atomic mass is 9.99. The van der Waals surface area contributed by atoms with Crippen molar-refractivity contribution in [2.45, 2.75) is 288 Å². The number of hydrogen-bond donors (Lipinski definition) is 6. The summed E-state index contributed by atoms with van der Waals surface area (Å²) in [5, 5.41) is 54.4. The molecule has 1 rings (SSSR count). The van der Waals surface area contributed by atoms with Crippen LogP contribution in [-0.4, -0.2) is 87.5 Å². The Kier molecular flexibility index (Phi) is 37.4. The lowest BCUT2D eigenvalue weighted by Crippen LogP contribution is -2.60. The molecule has 0 aromatic heterocycles. The molecule has 0 aliphatic carbocycles. The van der Waals surface area contributed by atoms with Crippen LogP contribution in [-0.2, 0) is 14.3 Å². The number of amides is 1. The maximum absolute atomic E-state index is 13.0. The molecule has 1 aliphatic heterocycles. The van der Waals surface area contributed by atoms with Crippen molar-refractivity contribution in [3.8, 4) is 0 Å². The summed E-state index contributed by atoms with van der Waals surface area (Å²) < 4.78 is 11.3. The van der Waals surface area contributed by atoms with Gasteiger partial charge in [-0.15, -0.1) is 0 Å². The Hall–Kier alpha value is -0.810. The van der Waals surface area contributed by atoms with Gasteiger partial charge in [0.2, 0.25) is 5.91 Å². The molecule has 0 aromatic carbocycles.